The molecular weight excluding hydrogens is 222 g/mol. The van der Waals surface area contributed by atoms with Gasteiger partial charge < -0.3 is 15.1 Å². The normalized spacial score (nSPS) is 24.3. The molecule has 0 amide bonds. The molecule has 1 unspecified atom stereocenters. The fraction of sp³-hybridized carbons (Fsp3) is 1.00. The third-order valence-corrected chi connectivity index (χ3v) is 4.23. The Labute approximate surface area is 114 Å². The molecule has 0 aliphatic carbocycles. The van der Waals surface area contributed by atoms with Crippen molar-refractivity contribution in [3.8, 4) is 0 Å². The van der Waals surface area contributed by atoms with E-state index >= 15 is 0 Å². The highest BCUT2D eigenvalue weighted by Gasteiger charge is 2.30. The Morgan fingerprint density at radius 1 is 1.00 bits per heavy atom. The molecule has 1 fully saturated rings. The van der Waals surface area contributed by atoms with E-state index in [4.69, 9.17) is 0 Å². The molecular formula is C15H33N3. The number of rotatable bonds is 9. The van der Waals surface area contributed by atoms with Crippen LogP contribution in [0.3, 0.4) is 0 Å². The Morgan fingerprint density at radius 2 is 1.67 bits per heavy atom. The second kappa shape index (κ2) is 8.13. The van der Waals surface area contributed by atoms with Crippen LogP contribution in [-0.2, 0) is 0 Å². The zero-order valence-corrected chi connectivity index (χ0v) is 13.0. The van der Waals surface area contributed by atoms with E-state index in [1.165, 1.54) is 65.2 Å². The molecule has 1 N–H and O–H groups in total. The summed E-state index contributed by atoms with van der Waals surface area (Å²) in [5.41, 5.74) is 0.498. The average Bonchev–Trinajstić information content (AvgIpc) is 2.77. The molecule has 1 aliphatic heterocycles. The lowest BCUT2D eigenvalue weighted by atomic mass is 9.89. The first-order valence-electron chi connectivity index (χ1n) is 7.79. The summed E-state index contributed by atoms with van der Waals surface area (Å²) in [6.45, 7) is 18.9. The van der Waals surface area contributed by atoms with E-state index in [-0.39, 0.29) is 0 Å². The predicted octanol–water partition coefficient (Wildman–Crippen LogP) is 2.04. The van der Waals surface area contributed by atoms with Gasteiger partial charge in [0.2, 0.25) is 0 Å². The molecule has 0 aromatic rings. The number of likely N-dealkylation sites (N-methyl/N-ethyl adjacent to an activating group) is 1. The van der Waals surface area contributed by atoms with Crippen LogP contribution < -0.4 is 5.32 Å². The van der Waals surface area contributed by atoms with Crippen LogP contribution in [-0.4, -0.2) is 62.2 Å². The maximum absolute atomic E-state index is 3.51. The minimum absolute atomic E-state index is 0.498. The number of nitrogens with one attached hydrogen (secondary N) is 1. The van der Waals surface area contributed by atoms with Gasteiger partial charge in [0, 0.05) is 26.2 Å². The lowest BCUT2D eigenvalue weighted by Crippen LogP contribution is -2.42. The maximum Gasteiger partial charge on any atom is 0.0110 e. The molecule has 1 rings (SSSR count). The fourth-order valence-electron chi connectivity index (χ4n) is 2.95. The van der Waals surface area contributed by atoms with Gasteiger partial charge in [-0.2, -0.15) is 0 Å². The first kappa shape index (κ1) is 15.9. The molecule has 0 aromatic heterocycles. The van der Waals surface area contributed by atoms with Gasteiger partial charge in [-0.05, 0) is 44.4 Å². The van der Waals surface area contributed by atoms with Crippen molar-refractivity contribution in [2.45, 2.75) is 40.5 Å². The van der Waals surface area contributed by atoms with E-state index in [1.807, 2.05) is 0 Å². The second-order valence-corrected chi connectivity index (χ2v) is 6.04. The van der Waals surface area contributed by atoms with E-state index in [0.29, 0.717) is 5.41 Å². The van der Waals surface area contributed by atoms with Crippen molar-refractivity contribution in [2.75, 3.05) is 52.4 Å². The van der Waals surface area contributed by atoms with Crippen LogP contribution in [0.25, 0.3) is 0 Å². The molecule has 3 heteroatoms. The molecule has 0 saturated carbocycles. The van der Waals surface area contributed by atoms with Crippen LogP contribution in [0.15, 0.2) is 0 Å². The average molecular weight is 255 g/mol. The molecule has 3 nitrogen and oxygen atoms in total. The van der Waals surface area contributed by atoms with Crippen molar-refractivity contribution < 1.29 is 0 Å². The van der Waals surface area contributed by atoms with E-state index in [2.05, 4.69) is 42.8 Å². The zero-order chi connectivity index (χ0) is 13.4. The number of hydrogen-bond acceptors (Lipinski definition) is 3. The first-order valence-corrected chi connectivity index (χ1v) is 7.79. The van der Waals surface area contributed by atoms with Gasteiger partial charge in [0.25, 0.3) is 0 Å². The van der Waals surface area contributed by atoms with Crippen molar-refractivity contribution in [3.05, 3.63) is 0 Å². The summed E-state index contributed by atoms with van der Waals surface area (Å²) >= 11 is 0. The highest BCUT2D eigenvalue weighted by Crippen LogP contribution is 2.25. The smallest absolute Gasteiger partial charge is 0.0110 e. The molecule has 0 bridgehead atoms. The Kier molecular flexibility index (Phi) is 7.20. The van der Waals surface area contributed by atoms with Gasteiger partial charge in [0.15, 0.2) is 0 Å². The molecule has 1 atom stereocenters. The quantitative estimate of drug-likeness (QED) is 0.680. The van der Waals surface area contributed by atoms with Crippen LogP contribution in [0.4, 0.5) is 0 Å². The molecule has 18 heavy (non-hydrogen) atoms. The second-order valence-electron chi connectivity index (χ2n) is 6.04. The van der Waals surface area contributed by atoms with E-state index in [9.17, 15) is 0 Å². The van der Waals surface area contributed by atoms with E-state index in [1.54, 1.807) is 0 Å². The monoisotopic (exact) mass is 255 g/mol. The van der Waals surface area contributed by atoms with Gasteiger partial charge in [0.05, 0.1) is 0 Å². The third kappa shape index (κ3) is 5.25. The van der Waals surface area contributed by atoms with Gasteiger partial charge in [-0.25, -0.2) is 0 Å². The lowest BCUT2D eigenvalue weighted by Gasteiger charge is -2.33. The lowest BCUT2D eigenvalue weighted by molar-refractivity contribution is 0.155. The van der Waals surface area contributed by atoms with Crippen molar-refractivity contribution in [1.29, 1.82) is 0 Å². The van der Waals surface area contributed by atoms with E-state index in [0.717, 1.165) is 0 Å². The Balaban J connectivity index is 2.38. The summed E-state index contributed by atoms with van der Waals surface area (Å²) in [5.74, 6) is 0. The third-order valence-electron chi connectivity index (χ3n) is 4.23. The topological polar surface area (TPSA) is 18.5 Å². The molecule has 108 valence electrons. The predicted molar refractivity (Wildman–Crippen MR) is 80.1 cm³/mol. The molecule has 0 aromatic carbocycles. The van der Waals surface area contributed by atoms with Gasteiger partial charge in [-0.3, -0.25) is 0 Å². The maximum atomic E-state index is 3.51. The minimum atomic E-state index is 0.498. The zero-order valence-electron chi connectivity index (χ0n) is 13.0. The van der Waals surface area contributed by atoms with Crippen molar-refractivity contribution >= 4 is 0 Å². The van der Waals surface area contributed by atoms with Crippen LogP contribution in [0.1, 0.15) is 40.5 Å². The summed E-state index contributed by atoms with van der Waals surface area (Å²) in [4.78, 5) is 5.20. The molecule has 0 radical (unpaired) electrons. The summed E-state index contributed by atoms with van der Waals surface area (Å²) in [5, 5.41) is 3.51. The molecule has 0 spiro atoms. The molecule has 1 heterocycles. The van der Waals surface area contributed by atoms with E-state index < -0.39 is 0 Å². The number of hydrogen-bond donors (Lipinski definition) is 1. The summed E-state index contributed by atoms with van der Waals surface area (Å²) in [7, 11) is 0. The van der Waals surface area contributed by atoms with Gasteiger partial charge in [-0.1, -0.05) is 27.7 Å². The highest BCUT2D eigenvalue weighted by molar-refractivity contribution is 4.86. The summed E-state index contributed by atoms with van der Waals surface area (Å²) in [6.07, 6.45) is 2.60. The molecule has 1 aliphatic rings. The van der Waals surface area contributed by atoms with Crippen molar-refractivity contribution in [3.63, 3.8) is 0 Å². The summed E-state index contributed by atoms with van der Waals surface area (Å²) < 4.78 is 0. The van der Waals surface area contributed by atoms with Crippen LogP contribution >= 0.6 is 0 Å². The van der Waals surface area contributed by atoms with Crippen LogP contribution in [0.5, 0.6) is 0 Å². The first-order chi connectivity index (χ1) is 8.63. The van der Waals surface area contributed by atoms with Gasteiger partial charge in [0.1, 0.15) is 0 Å². The van der Waals surface area contributed by atoms with Crippen LogP contribution in [0.2, 0.25) is 0 Å². The summed E-state index contributed by atoms with van der Waals surface area (Å²) in [6, 6.07) is 0. The Hall–Kier alpha value is -0.120. The van der Waals surface area contributed by atoms with Crippen molar-refractivity contribution in [1.82, 2.24) is 15.1 Å². The van der Waals surface area contributed by atoms with Crippen molar-refractivity contribution in [2.24, 2.45) is 5.41 Å². The SMILES string of the molecule is CCCN(CCN(CC)CC)CC1(C)CCNC1. The Morgan fingerprint density at radius 3 is 2.17 bits per heavy atom. The van der Waals surface area contributed by atoms with Gasteiger partial charge in [-0.15, -0.1) is 0 Å². The highest BCUT2D eigenvalue weighted by atomic mass is 15.2. The standard InChI is InChI=1S/C15H33N3/c1-5-10-18(12-11-17(6-2)7-3)14-15(4)8-9-16-13-15/h16H,5-14H2,1-4H3. The van der Waals surface area contributed by atoms with Gasteiger partial charge >= 0.3 is 0 Å². The minimum Gasteiger partial charge on any atom is -0.316 e. The largest absolute Gasteiger partial charge is 0.316 e. The fourth-order valence-corrected chi connectivity index (χ4v) is 2.95. The number of nitrogens with zero attached hydrogens (tertiary/aromatic N) is 2. The van der Waals surface area contributed by atoms with Crippen LogP contribution in [0, 0.1) is 5.41 Å². The molecule has 1 saturated heterocycles. The Bertz CT molecular complexity index is 208.